The van der Waals surface area contributed by atoms with Crippen LogP contribution in [-0.2, 0) is 32.4 Å². The second-order valence-corrected chi connectivity index (χ2v) is 11.0. The first-order chi connectivity index (χ1) is 16.4. The van der Waals surface area contributed by atoms with Crippen LogP contribution in [0.2, 0.25) is 6.04 Å². The third-order valence-electron chi connectivity index (χ3n) is 5.43. The second kappa shape index (κ2) is 24.2. The van der Waals surface area contributed by atoms with Crippen LogP contribution in [0.4, 0.5) is 0 Å². The molecule has 35 heavy (non-hydrogen) atoms. The molecule has 3 unspecified atom stereocenters. The van der Waals surface area contributed by atoms with Crippen LogP contribution in [0.5, 0.6) is 0 Å². The van der Waals surface area contributed by atoms with E-state index in [1.807, 2.05) is 62.3 Å². The topological polar surface area (TPSA) is 126 Å². The minimum Gasteiger partial charge on any atom is -0.469 e. The van der Waals surface area contributed by atoms with Gasteiger partial charge >= 0.3 is 14.8 Å². The number of nitrogens with two attached hydrogens (primary N) is 1. The van der Waals surface area contributed by atoms with Crippen molar-refractivity contribution < 1.29 is 32.4 Å². The van der Waals surface area contributed by atoms with E-state index in [2.05, 4.69) is 10.1 Å². The SMILES string of the molecule is CCC(C)C(=O)OC.CCC(C)C(N)=O.CCO[Si](CCCNC(=O)C(C)CC)(OCC)OCC. The first-order valence-corrected chi connectivity index (χ1v) is 14.9. The van der Waals surface area contributed by atoms with Crippen molar-refractivity contribution in [1.82, 2.24) is 5.32 Å². The number of esters is 1. The number of amides is 2. The highest BCUT2D eigenvalue weighted by Crippen LogP contribution is 2.17. The molecule has 0 aromatic carbocycles. The van der Waals surface area contributed by atoms with Crippen LogP contribution in [0.15, 0.2) is 0 Å². The molecule has 3 atom stereocenters. The molecule has 10 heteroatoms. The summed E-state index contributed by atoms with van der Waals surface area (Å²) in [5, 5.41) is 2.95. The van der Waals surface area contributed by atoms with E-state index in [0.717, 1.165) is 31.7 Å². The van der Waals surface area contributed by atoms with Gasteiger partial charge in [-0.15, -0.1) is 0 Å². The van der Waals surface area contributed by atoms with E-state index in [1.165, 1.54) is 7.11 Å². The zero-order chi connectivity index (χ0) is 27.9. The van der Waals surface area contributed by atoms with Crippen molar-refractivity contribution in [3.05, 3.63) is 0 Å². The van der Waals surface area contributed by atoms with Crippen molar-refractivity contribution in [3.63, 3.8) is 0 Å². The molecule has 0 saturated heterocycles. The molecule has 0 aliphatic rings. The molecule has 210 valence electrons. The number of hydrogen-bond donors (Lipinski definition) is 2. The van der Waals surface area contributed by atoms with Crippen LogP contribution >= 0.6 is 0 Å². The molecular weight excluding hydrogens is 468 g/mol. The molecule has 0 bridgehead atoms. The Labute approximate surface area is 215 Å². The summed E-state index contributed by atoms with van der Waals surface area (Å²) >= 11 is 0. The Morgan fingerprint density at radius 3 is 1.46 bits per heavy atom. The number of carbonyl (C=O) groups excluding carboxylic acids is 3. The van der Waals surface area contributed by atoms with Crippen molar-refractivity contribution in [2.45, 2.75) is 94.0 Å². The van der Waals surface area contributed by atoms with E-state index in [-0.39, 0.29) is 35.5 Å². The first kappa shape index (κ1) is 38.0. The highest BCUT2D eigenvalue weighted by atomic mass is 28.4. The molecule has 0 heterocycles. The van der Waals surface area contributed by atoms with E-state index in [9.17, 15) is 14.4 Å². The largest absolute Gasteiger partial charge is 0.500 e. The Morgan fingerprint density at radius 2 is 1.20 bits per heavy atom. The molecule has 0 aromatic heterocycles. The maximum absolute atomic E-state index is 11.7. The Morgan fingerprint density at radius 1 is 0.771 bits per heavy atom. The van der Waals surface area contributed by atoms with Gasteiger partial charge in [0, 0.05) is 44.2 Å². The molecule has 0 fully saturated rings. The van der Waals surface area contributed by atoms with Crippen LogP contribution < -0.4 is 11.1 Å². The summed E-state index contributed by atoms with van der Waals surface area (Å²) in [5.41, 5.74) is 4.91. The van der Waals surface area contributed by atoms with Crippen molar-refractivity contribution in [3.8, 4) is 0 Å². The Hall–Kier alpha value is -1.49. The summed E-state index contributed by atoms with van der Waals surface area (Å²) in [6, 6.07) is 0.739. The lowest BCUT2D eigenvalue weighted by atomic mass is 10.1. The lowest BCUT2D eigenvalue weighted by Crippen LogP contribution is -2.46. The van der Waals surface area contributed by atoms with Crippen LogP contribution in [0.3, 0.4) is 0 Å². The molecule has 0 saturated carbocycles. The third kappa shape index (κ3) is 20.4. The van der Waals surface area contributed by atoms with Gasteiger partial charge < -0.3 is 29.1 Å². The summed E-state index contributed by atoms with van der Waals surface area (Å²) in [7, 11) is -1.14. The van der Waals surface area contributed by atoms with E-state index in [0.29, 0.717) is 26.4 Å². The average Bonchev–Trinajstić information content (AvgIpc) is 2.85. The van der Waals surface area contributed by atoms with Crippen LogP contribution in [0.1, 0.15) is 88.0 Å². The molecule has 2 amide bonds. The number of nitrogens with one attached hydrogen (secondary N) is 1. The maximum Gasteiger partial charge on any atom is 0.500 e. The van der Waals surface area contributed by atoms with E-state index < -0.39 is 8.80 Å². The van der Waals surface area contributed by atoms with E-state index >= 15 is 0 Å². The third-order valence-corrected chi connectivity index (χ3v) is 8.58. The molecule has 9 nitrogen and oxygen atoms in total. The summed E-state index contributed by atoms with van der Waals surface area (Å²) in [4.78, 5) is 32.4. The fourth-order valence-corrected chi connectivity index (χ4v) is 5.06. The van der Waals surface area contributed by atoms with Crippen molar-refractivity contribution in [1.29, 1.82) is 0 Å². The molecule has 0 rings (SSSR count). The van der Waals surface area contributed by atoms with Gasteiger partial charge in [0.15, 0.2) is 0 Å². The van der Waals surface area contributed by atoms with Gasteiger partial charge in [0.05, 0.1) is 13.0 Å². The molecular formula is C25H54N2O7Si. The Kier molecular flexibility index (Phi) is 26.3. The van der Waals surface area contributed by atoms with Gasteiger partial charge in [0.1, 0.15) is 0 Å². The van der Waals surface area contributed by atoms with Crippen LogP contribution in [0, 0.1) is 17.8 Å². The number of primary amides is 1. The number of rotatable bonds is 16. The summed E-state index contributed by atoms with van der Waals surface area (Å²) < 4.78 is 21.8. The standard InChI is InChI=1S/C14H31NO4Si.C6H12O2.C5H11NO/c1-6-13(5)14(16)15-11-10-12-20(17-7-2,18-8-3)19-9-4;1-4-5(2)6(7)8-3;1-3-4(2)5(6)7/h13H,6-12H2,1-5H3,(H,15,16);5H,4H2,1-3H3;4H,3H2,1-2H3,(H2,6,7). The predicted octanol–water partition coefficient (Wildman–Crippen LogP) is 4.31. The van der Waals surface area contributed by atoms with Crippen molar-refractivity contribution in [2.24, 2.45) is 23.5 Å². The number of hydrogen-bond acceptors (Lipinski definition) is 7. The normalized spacial score (nSPS) is 13.2. The predicted molar refractivity (Wildman–Crippen MR) is 143 cm³/mol. The van der Waals surface area contributed by atoms with Crippen molar-refractivity contribution in [2.75, 3.05) is 33.5 Å². The van der Waals surface area contributed by atoms with Crippen LogP contribution in [-0.4, -0.2) is 60.1 Å². The molecule has 0 radical (unpaired) electrons. The van der Waals surface area contributed by atoms with E-state index in [4.69, 9.17) is 19.0 Å². The van der Waals surface area contributed by atoms with Gasteiger partial charge in [-0.3, -0.25) is 14.4 Å². The first-order valence-electron chi connectivity index (χ1n) is 13.0. The fourth-order valence-electron chi connectivity index (χ4n) is 2.45. The number of methoxy groups -OCH3 is 1. The number of carbonyl (C=O) groups is 3. The van der Waals surface area contributed by atoms with Gasteiger partial charge in [-0.25, -0.2) is 0 Å². The fraction of sp³-hybridized carbons (Fsp3) is 0.880. The molecule has 0 spiro atoms. The van der Waals surface area contributed by atoms with Gasteiger partial charge in [-0.05, 0) is 46.5 Å². The van der Waals surface area contributed by atoms with Crippen LogP contribution in [0.25, 0.3) is 0 Å². The molecule has 0 aromatic rings. The van der Waals surface area contributed by atoms with Gasteiger partial charge in [-0.1, -0.05) is 41.5 Å². The summed E-state index contributed by atoms with van der Waals surface area (Å²) in [6.45, 7) is 19.8. The average molecular weight is 523 g/mol. The lowest BCUT2D eigenvalue weighted by molar-refractivity contribution is -0.144. The highest BCUT2D eigenvalue weighted by molar-refractivity contribution is 6.60. The van der Waals surface area contributed by atoms with Crippen molar-refractivity contribution >= 4 is 26.6 Å². The zero-order valence-electron chi connectivity index (χ0n) is 24.0. The quantitative estimate of drug-likeness (QED) is 0.176. The number of ether oxygens (including phenoxy) is 1. The van der Waals surface area contributed by atoms with Gasteiger partial charge in [0.2, 0.25) is 11.8 Å². The maximum atomic E-state index is 11.7. The lowest BCUT2D eigenvalue weighted by Gasteiger charge is -2.28. The van der Waals surface area contributed by atoms with E-state index in [1.54, 1.807) is 0 Å². The molecule has 0 aliphatic carbocycles. The smallest absolute Gasteiger partial charge is 0.469 e. The van der Waals surface area contributed by atoms with Gasteiger partial charge in [0.25, 0.3) is 0 Å². The Balaban J connectivity index is -0.000000557. The summed E-state index contributed by atoms with van der Waals surface area (Å²) in [6.07, 6.45) is 3.37. The zero-order valence-corrected chi connectivity index (χ0v) is 25.0. The molecule has 0 aliphatic heterocycles. The van der Waals surface area contributed by atoms with Gasteiger partial charge in [-0.2, -0.15) is 0 Å². The Bertz CT molecular complexity index is 533. The highest BCUT2D eigenvalue weighted by Gasteiger charge is 2.39. The second-order valence-electron chi connectivity index (χ2n) is 8.23. The monoisotopic (exact) mass is 522 g/mol. The minimum absolute atomic E-state index is 0.0417. The molecule has 3 N–H and O–H groups in total. The minimum atomic E-state index is -2.55. The summed E-state index contributed by atoms with van der Waals surface area (Å²) in [5.74, 6) is -0.0401.